The molecule has 0 aliphatic carbocycles. The number of hydrogen-bond acceptors (Lipinski definition) is 4. The monoisotopic (exact) mass is 372 g/mol. The van der Waals surface area contributed by atoms with E-state index in [9.17, 15) is 14.4 Å². The fourth-order valence-electron chi connectivity index (χ4n) is 2.84. The average molecular weight is 373 g/mol. The molecule has 0 radical (unpaired) electrons. The van der Waals surface area contributed by atoms with Gasteiger partial charge in [0.05, 0.1) is 0 Å². The van der Waals surface area contributed by atoms with Crippen molar-refractivity contribution < 1.29 is 14.4 Å². The van der Waals surface area contributed by atoms with Gasteiger partial charge in [0.25, 0.3) is 5.91 Å². The van der Waals surface area contributed by atoms with Crippen LogP contribution in [0.25, 0.3) is 0 Å². The average Bonchev–Trinajstić information content (AvgIpc) is 2.91. The Morgan fingerprint density at radius 1 is 1.27 bits per heavy atom. The zero-order chi connectivity index (χ0) is 18.7. The van der Waals surface area contributed by atoms with Crippen LogP contribution in [0.4, 0.5) is 5.69 Å². The van der Waals surface area contributed by atoms with Crippen molar-refractivity contribution in [1.82, 2.24) is 15.6 Å². The van der Waals surface area contributed by atoms with Gasteiger partial charge in [0.15, 0.2) is 0 Å². The quantitative estimate of drug-likeness (QED) is 0.797. The largest absolute Gasteiger partial charge is 0.344 e. The van der Waals surface area contributed by atoms with E-state index in [1.807, 2.05) is 6.92 Å². The van der Waals surface area contributed by atoms with Gasteiger partial charge in [-0.05, 0) is 36.8 Å². The van der Waals surface area contributed by atoms with E-state index in [1.54, 1.807) is 47.6 Å². The fraction of sp³-hybridized carbons (Fsp3) is 0.222. The number of carbonyl (C=O) groups excluding carboxylic acids is 3. The third-order valence-corrected chi connectivity index (χ3v) is 4.31. The number of fused-ring (bicyclic) bond motifs is 1. The molecule has 2 aromatic rings. The molecule has 2 N–H and O–H groups in total. The van der Waals surface area contributed by atoms with Gasteiger partial charge in [0.1, 0.15) is 6.04 Å². The SMILES string of the molecule is CCN1C(=O)[C@H](NC(=O)C(=O)NCc2cccnc2)c2cc(Cl)ccc21. The lowest BCUT2D eigenvalue weighted by Gasteiger charge is -2.15. The molecule has 1 aliphatic heterocycles. The lowest BCUT2D eigenvalue weighted by molar-refractivity contribution is -0.140. The molecule has 1 atom stereocenters. The smallest absolute Gasteiger partial charge is 0.310 e. The maximum Gasteiger partial charge on any atom is 0.310 e. The van der Waals surface area contributed by atoms with E-state index in [0.29, 0.717) is 22.8 Å². The van der Waals surface area contributed by atoms with Gasteiger partial charge in [-0.1, -0.05) is 17.7 Å². The van der Waals surface area contributed by atoms with Crippen molar-refractivity contribution in [3.8, 4) is 0 Å². The Balaban J connectivity index is 1.70. The highest BCUT2D eigenvalue weighted by molar-refractivity contribution is 6.35. The summed E-state index contributed by atoms with van der Waals surface area (Å²) < 4.78 is 0. The molecule has 0 fully saturated rings. The molecule has 8 heteroatoms. The van der Waals surface area contributed by atoms with Gasteiger partial charge in [-0.25, -0.2) is 0 Å². The summed E-state index contributed by atoms with van der Waals surface area (Å²) in [6.07, 6.45) is 3.21. The maximum absolute atomic E-state index is 12.6. The Kier molecular flexibility index (Phi) is 5.18. The van der Waals surface area contributed by atoms with Gasteiger partial charge in [0, 0.05) is 41.8 Å². The second-order valence-corrected chi connectivity index (χ2v) is 6.17. The second kappa shape index (κ2) is 7.53. The van der Waals surface area contributed by atoms with Crippen LogP contribution in [0, 0.1) is 0 Å². The standard InChI is InChI=1S/C18H17ClN4O3/c1-2-23-14-6-5-12(19)8-13(14)15(18(23)26)22-17(25)16(24)21-10-11-4-3-7-20-9-11/h3-9,15H,2,10H2,1H3,(H,21,24)(H,22,25)/t15-/m1/s1. The number of rotatable bonds is 4. The summed E-state index contributed by atoms with van der Waals surface area (Å²) in [6, 6.07) is 7.62. The van der Waals surface area contributed by atoms with E-state index in [-0.39, 0.29) is 12.5 Å². The minimum atomic E-state index is -0.930. The molecule has 0 bridgehead atoms. The van der Waals surface area contributed by atoms with Crippen LogP contribution in [-0.4, -0.2) is 29.3 Å². The maximum atomic E-state index is 12.6. The summed E-state index contributed by atoms with van der Waals surface area (Å²) >= 11 is 6.02. The van der Waals surface area contributed by atoms with E-state index in [4.69, 9.17) is 11.6 Å². The predicted octanol–water partition coefficient (Wildman–Crippen LogP) is 1.58. The number of amides is 3. The predicted molar refractivity (Wildman–Crippen MR) is 96.4 cm³/mol. The fourth-order valence-corrected chi connectivity index (χ4v) is 3.02. The van der Waals surface area contributed by atoms with Crippen molar-refractivity contribution in [2.75, 3.05) is 11.4 Å². The Hall–Kier alpha value is -2.93. The van der Waals surface area contributed by atoms with Crippen LogP contribution in [0.1, 0.15) is 24.1 Å². The lowest BCUT2D eigenvalue weighted by Crippen LogP contribution is -2.44. The molecule has 1 aliphatic rings. The van der Waals surface area contributed by atoms with Crippen LogP contribution in [0.3, 0.4) is 0 Å². The Morgan fingerprint density at radius 3 is 2.77 bits per heavy atom. The number of hydrogen-bond donors (Lipinski definition) is 2. The number of pyridine rings is 1. The number of likely N-dealkylation sites (N-methyl/N-ethyl adjacent to an activating group) is 1. The first kappa shape index (κ1) is 17.9. The van der Waals surface area contributed by atoms with Crippen LogP contribution < -0.4 is 15.5 Å². The van der Waals surface area contributed by atoms with Crippen LogP contribution >= 0.6 is 11.6 Å². The molecular formula is C18H17ClN4O3. The number of nitrogens with zero attached hydrogens (tertiary/aromatic N) is 2. The topological polar surface area (TPSA) is 91.4 Å². The number of benzene rings is 1. The van der Waals surface area contributed by atoms with Crippen LogP contribution in [0.2, 0.25) is 5.02 Å². The molecule has 0 saturated carbocycles. The van der Waals surface area contributed by atoms with Crippen molar-refractivity contribution in [3.63, 3.8) is 0 Å². The summed E-state index contributed by atoms with van der Waals surface area (Å²) in [5, 5.41) is 5.46. The minimum Gasteiger partial charge on any atom is -0.344 e. The highest BCUT2D eigenvalue weighted by Crippen LogP contribution is 2.37. The van der Waals surface area contributed by atoms with Crippen molar-refractivity contribution in [2.24, 2.45) is 0 Å². The van der Waals surface area contributed by atoms with Gasteiger partial charge in [-0.15, -0.1) is 0 Å². The van der Waals surface area contributed by atoms with Gasteiger partial charge in [-0.2, -0.15) is 0 Å². The minimum absolute atomic E-state index is 0.169. The molecule has 0 spiro atoms. The van der Waals surface area contributed by atoms with Gasteiger partial charge >= 0.3 is 11.8 Å². The number of nitrogens with one attached hydrogen (secondary N) is 2. The summed E-state index contributed by atoms with van der Waals surface area (Å²) in [6.45, 7) is 2.45. The molecule has 1 aromatic carbocycles. The van der Waals surface area contributed by atoms with Gasteiger partial charge < -0.3 is 15.5 Å². The van der Waals surface area contributed by atoms with E-state index >= 15 is 0 Å². The van der Waals surface area contributed by atoms with E-state index < -0.39 is 17.9 Å². The van der Waals surface area contributed by atoms with Crippen molar-refractivity contribution in [1.29, 1.82) is 0 Å². The van der Waals surface area contributed by atoms with E-state index in [2.05, 4.69) is 15.6 Å². The zero-order valence-corrected chi connectivity index (χ0v) is 14.8. The molecule has 0 unspecified atom stereocenters. The normalized spacial score (nSPS) is 15.5. The van der Waals surface area contributed by atoms with Crippen molar-refractivity contribution >= 4 is 35.0 Å². The van der Waals surface area contributed by atoms with Gasteiger partial charge in [0.2, 0.25) is 0 Å². The summed E-state index contributed by atoms with van der Waals surface area (Å²) in [4.78, 5) is 42.3. The van der Waals surface area contributed by atoms with E-state index in [1.165, 1.54) is 0 Å². The molecule has 134 valence electrons. The highest BCUT2D eigenvalue weighted by Gasteiger charge is 2.38. The first-order valence-electron chi connectivity index (χ1n) is 8.09. The number of halogens is 1. The molecule has 0 saturated heterocycles. The molecule has 3 rings (SSSR count). The summed E-state index contributed by atoms with van der Waals surface area (Å²) in [7, 11) is 0. The van der Waals surface area contributed by atoms with Crippen LogP contribution in [0.15, 0.2) is 42.7 Å². The molecule has 26 heavy (non-hydrogen) atoms. The summed E-state index contributed by atoms with van der Waals surface area (Å²) in [5.41, 5.74) is 2.03. The van der Waals surface area contributed by atoms with Gasteiger partial charge in [-0.3, -0.25) is 19.4 Å². The Bertz CT molecular complexity index is 857. The number of anilines is 1. The molecule has 2 heterocycles. The zero-order valence-electron chi connectivity index (χ0n) is 14.0. The lowest BCUT2D eigenvalue weighted by atomic mass is 10.1. The third kappa shape index (κ3) is 3.52. The molecule has 3 amide bonds. The van der Waals surface area contributed by atoms with E-state index in [0.717, 1.165) is 5.56 Å². The van der Waals surface area contributed by atoms with Crippen LogP contribution in [0.5, 0.6) is 0 Å². The Morgan fingerprint density at radius 2 is 2.08 bits per heavy atom. The first-order valence-corrected chi connectivity index (χ1v) is 8.47. The Labute approximate surface area is 155 Å². The van der Waals surface area contributed by atoms with Crippen molar-refractivity contribution in [3.05, 3.63) is 58.9 Å². The van der Waals surface area contributed by atoms with Crippen molar-refractivity contribution in [2.45, 2.75) is 19.5 Å². The first-order chi connectivity index (χ1) is 12.5. The molecular weight excluding hydrogens is 356 g/mol. The summed E-state index contributed by atoms with van der Waals surface area (Å²) in [5.74, 6) is -1.99. The molecule has 1 aromatic heterocycles. The second-order valence-electron chi connectivity index (χ2n) is 5.74. The number of aromatic nitrogens is 1. The highest BCUT2D eigenvalue weighted by atomic mass is 35.5. The molecule has 7 nitrogen and oxygen atoms in total. The number of carbonyl (C=O) groups is 3. The third-order valence-electron chi connectivity index (χ3n) is 4.08. The van der Waals surface area contributed by atoms with Crippen LogP contribution in [-0.2, 0) is 20.9 Å².